The van der Waals surface area contributed by atoms with Crippen LogP contribution in [-0.4, -0.2) is 9.85 Å². The zero-order valence-electron chi connectivity index (χ0n) is 18.3. The minimum absolute atomic E-state index is 0.00747. The average Bonchev–Trinajstić information content (AvgIpc) is 3.30. The summed E-state index contributed by atoms with van der Waals surface area (Å²) in [5, 5.41) is 23.0. The van der Waals surface area contributed by atoms with Crippen LogP contribution in [-0.2, 0) is 0 Å². The summed E-state index contributed by atoms with van der Waals surface area (Å²) >= 11 is 1.48. The Bertz CT molecular complexity index is 1430. The molecule has 1 heterocycles. The number of hydrogen-bond donors (Lipinski definition) is 0. The smallest absolute Gasteiger partial charge is 0.258 e. The van der Waals surface area contributed by atoms with Gasteiger partial charge in [0.15, 0.2) is 0 Å². The summed E-state index contributed by atoms with van der Waals surface area (Å²) in [5.74, 6) is 0. The molecule has 1 aromatic heterocycles. The first-order valence-corrected chi connectivity index (χ1v) is 11.6. The molecule has 170 valence electrons. The lowest BCUT2D eigenvalue weighted by molar-refractivity contribution is -0.385. The minimum Gasteiger partial charge on any atom is -0.258 e. The number of nitrogens with zero attached hydrogens (tertiary/aromatic N) is 2. The number of benzene rings is 4. The summed E-state index contributed by atoms with van der Waals surface area (Å²) in [5.41, 5.74) is 5.24. The molecule has 0 bridgehead atoms. The topological polar surface area (TPSA) is 86.3 Å². The number of thiophene rings is 1. The summed E-state index contributed by atoms with van der Waals surface area (Å²) in [6.07, 6.45) is 0. The molecular weight excluding hydrogens is 460 g/mol. The Morgan fingerprint density at radius 2 is 0.857 bits per heavy atom. The second-order valence-corrected chi connectivity index (χ2v) is 8.88. The second kappa shape index (κ2) is 9.32. The normalized spacial score (nSPS) is 10.7. The van der Waals surface area contributed by atoms with Crippen LogP contribution in [0, 0.1) is 20.2 Å². The van der Waals surface area contributed by atoms with Gasteiger partial charge in [0, 0.05) is 45.1 Å². The van der Waals surface area contributed by atoms with Gasteiger partial charge in [0.05, 0.1) is 9.85 Å². The van der Waals surface area contributed by atoms with Gasteiger partial charge in [0.25, 0.3) is 11.4 Å². The Balaban J connectivity index is 1.88. The lowest BCUT2D eigenvalue weighted by atomic mass is 9.91. The molecule has 5 rings (SSSR count). The molecule has 0 fully saturated rings. The highest BCUT2D eigenvalue weighted by Gasteiger charge is 2.24. The molecule has 0 radical (unpaired) electrons. The molecule has 0 atom stereocenters. The van der Waals surface area contributed by atoms with E-state index in [9.17, 15) is 20.2 Å². The summed E-state index contributed by atoms with van der Waals surface area (Å²) in [7, 11) is 0. The van der Waals surface area contributed by atoms with Gasteiger partial charge in [-0.25, -0.2) is 0 Å². The Hall–Kier alpha value is -4.62. The fourth-order valence-electron chi connectivity index (χ4n) is 4.12. The van der Waals surface area contributed by atoms with E-state index in [1.165, 1.54) is 23.5 Å². The van der Waals surface area contributed by atoms with Gasteiger partial charge in [-0.05, 0) is 22.3 Å². The quantitative estimate of drug-likeness (QED) is 0.182. The van der Waals surface area contributed by atoms with Gasteiger partial charge in [-0.2, -0.15) is 0 Å². The number of non-ortho nitro benzene ring substituents is 2. The number of rotatable bonds is 6. The lowest BCUT2D eigenvalue weighted by Crippen LogP contribution is -1.89. The van der Waals surface area contributed by atoms with Gasteiger partial charge in [0.2, 0.25) is 0 Å². The molecule has 4 aromatic carbocycles. The molecule has 6 nitrogen and oxygen atoms in total. The number of nitro groups is 2. The van der Waals surface area contributed by atoms with Crippen molar-refractivity contribution in [3.63, 3.8) is 0 Å². The molecule has 0 saturated carbocycles. The van der Waals surface area contributed by atoms with Crippen LogP contribution in [0.25, 0.3) is 43.1 Å². The minimum atomic E-state index is -0.404. The summed E-state index contributed by atoms with van der Waals surface area (Å²) in [6, 6.07) is 32.9. The molecule has 0 unspecified atom stereocenters. The van der Waals surface area contributed by atoms with Crippen molar-refractivity contribution >= 4 is 22.7 Å². The van der Waals surface area contributed by atoms with Crippen molar-refractivity contribution < 1.29 is 9.85 Å². The van der Waals surface area contributed by atoms with Gasteiger partial charge < -0.3 is 0 Å². The van der Waals surface area contributed by atoms with Gasteiger partial charge in [-0.1, -0.05) is 84.9 Å². The third kappa shape index (κ3) is 4.32. The van der Waals surface area contributed by atoms with Crippen LogP contribution < -0.4 is 0 Å². The van der Waals surface area contributed by atoms with Crippen molar-refractivity contribution in [1.82, 2.24) is 0 Å². The van der Waals surface area contributed by atoms with E-state index in [0.29, 0.717) is 0 Å². The van der Waals surface area contributed by atoms with Crippen molar-refractivity contribution in [3.05, 3.63) is 129 Å². The average molecular weight is 479 g/mol. The Labute approximate surface area is 205 Å². The molecule has 0 spiro atoms. The predicted molar refractivity (Wildman–Crippen MR) is 139 cm³/mol. The predicted octanol–water partition coefficient (Wildman–Crippen LogP) is 8.23. The van der Waals surface area contributed by atoms with E-state index in [0.717, 1.165) is 43.1 Å². The first kappa shape index (κ1) is 22.2. The van der Waals surface area contributed by atoms with Gasteiger partial charge in [-0.3, -0.25) is 20.2 Å². The maximum Gasteiger partial charge on any atom is 0.270 e. The van der Waals surface area contributed by atoms with Gasteiger partial charge in [-0.15, -0.1) is 11.3 Å². The first-order chi connectivity index (χ1) is 17.0. The molecule has 7 heteroatoms. The van der Waals surface area contributed by atoms with Crippen molar-refractivity contribution in [2.24, 2.45) is 0 Å². The molecule has 0 saturated heterocycles. The monoisotopic (exact) mass is 478 g/mol. The van der Waals surface area contributed by atoms with Gasteiger partial charge >= 0.3 is 0 Å². The van der Waals surface area contributed by atoms with Crippen LogP contribution in [0.3, 0.4) is 0 Å². The Kier molecular flexibility index (Phi) is 5.91. The molecular formula is C28H18N2O4S. The standard InChI is InChI=1S/C28H18N2O4S/c31-29(32)23-15-7-13-21(17-23)27-25(19-9-3-1-4-10-19)26(20-11-5-2-6-12-20)28(35-27)22-14-8-16-24(18-22)30(33)34/h1-18H. The fourth-order valence-corrected chi connectivity index (χ4v) is 5.46. The SMILES string of the molecule is O=[N+]([O-])c1cccc(-c2sc(-c3cccc([N+](=O)[O-])c3)c(-c3ccccc3)c2-c2ccccc2)c1. The van der Waals surface area contributed by atoms with Crippen molar-refractivity contribution in [1.29, 1.82) is 0 Å². The summed E-state index contributed by atoms with van der Waals surface area (Å²) < 4.78 is 0. The Morgan fingerprint density at radius 1 is 0.486 bits per heavy atom. The lowest BCUT2D eigenvalue weighted by Gasteiger charge is -2.11. The highest BCUT2D eigenvalue weighted by atomic mass is 32.1. The largest absolute Gasteiger partial charge is 0.270 e. The molecule has 35 heavy (non-hydrogen) atoms. The summed E-state index contributed by atoms with van der Waals surface area (Å²) in [4.78, 5) is 23.9. The van der Waals surface area contributed by atoms with E-state index >= 15 is 0 Å². The van der Waals surface area contributed by atoms with E-state index in [1.807, 2.05) is 72.8 Å². The first-order valence-electron chi connectivity index (χ1n) is 10.8. The van der Waals surface area contributed by atoms with E-state index in [-0.39, 0.29) is 11.4 Å². The van der Waals surface area contributed by atoms with E-state index in [4.69, 9.17) is 0 Å². The fraction of sp³-hybridized carbons (Fsp3) is 0. The highest BCUT2D eigenvalue weighted by Crippen LogP contribution is 2.52. The maximum absolute atomic E-state index is 11.5. The number of hydrogen-bond acceptors (Lipinski definition) is 5. The molecule has 0 amide bonds. The molecule has 0 aliphatic rings. The van der Waals surface area contributed by atoms with Crippen LogP contribution in [0.5, 0.6) is 0 Å². The zero-order chi connectivity index (χ0) is 24.4. The third-order valence-electron chi connectivity index (χ3n) is 5.67. The van der Waals surface area contributed by atoms with Crippen molar-refractivity contribution in [2.45, 2.75) is 0 Å². The number of nitro benzene ring substituents is 2. The van der Waals surface area contributed by atoms with Crippen molar-refractivity contribution in [3.8, 4) is 43.1 Å². The molecule has 0 aliphatic carbocycles. The van der Waals surface area contributed by atoms with Crippen LogP contribution in [0.1, 0.15) is 0 Å². The summed E-state index contributed by atoms with van der Waals surface area (Å²) in [6.45, 7) is 0. The third-order valence-corrected chi connectivity index (χ3v) is 6.96. The second-order valence-electron chi connectivity index (χ2n) is 7.86. The van der Waals surface area contributed by atoms with Crippen molar-refractivity contribution in [2.75, 3.05) is 0 Å². The van der Waals surface area contributed by atoms with E-state index < -0.39 is 9.85 Å². The van der Waals surface area contributed by atoms with Crippen LogP contribution in [0.15, 0.2) is 109 Å². The van der Waals surface area contributed by atoms with Gasteiger partial charge in [0.1, 0.15) is 0 Å². The maximum atomic E-state index is 11.5. The molecule has 0 N–H and O–H groups in total. The van der Waals surface area contributed by atoms with Crippen LogP contribution in [0.4, 0.5) is 11.4 Å². The molecule has 5 aromatic rings. The van der Waals surface area contributed by atoms with Crippen LogP contribution >= 0.6 is 11.3 Å². The van der Waals surface area contributed by atoms with E-state index in [2.05, 4.69) is 0 Å². The van der Waals surface area contributed by atoms with Crippen LogP contribution in [0.2, 0.25) is 0 Å². The van der Waals surface area contributed by atoms with E-state index in [1.54, 1.807) is 24.3 Å². The zero-order valence-corrected chi connectivity index (χ0v) is 19.1. The Morgan fingerprint density at radius 3 is 1.23 bits per heavy atom. The molecule has 0 aliphatic heterocycles. The highest BCUT2D eigenvalue weighted by molar-refractivity contribution is 7.20.